The molecule has 1 unspecified atom stereocenters. The number of pyridine rings is 1. The topological polar surface area (TPSA) is 28.2 Å². The van der Waals surface area contributed by atoms with Gasteiger partial charge in [-0.25, -0.2) is 4.98 Å². The third-order valence-electron chi connectivity index (χ3n) is 4.39. The highest BCUT2D eigenvalue weighted by molar-refractivity contribution is 5.44. The van der Waals surface area contributed by atoms with Gasteiger partial charge in [0.2, 0.25) is 0 Å². The van der Waals surface area contributed by atoms with E-state index in [-0.39, 0.29) is 0 Å². The number of hydrogen-bond acceptors (Lipinski definition) is 3. The molecule has 3 heteroatoms. The van der Waals surface area contributed by atoms with Crippen LogP contribution in [0.1, 0.15) is 64.6 Å². The lowest BCUT2D eigenvalue weighted by atomic mass is 9.99. The smallest absolute Gasteiger partial charge is 0.129 e. The zero-order valence-electron chi connectivity index (χ0n) is 14.2. The fraction of sp³-hybridized carbons (Fsp3) is 0.722. The van der Waals surface area contributed by atoms with E-state index in [1.807, 2.05) is 0 Å². The zero-order valence-corrected chi connectivity index (χ0v) is 14.2. The van der Waals surface area contributed by atoms with E-state index in [0.717, 1.165) is 19.5 Å². The summed E-state index contributed by atoms with van der Waals surface area (Å²) >= 11 is 0. The summed E-state index contributed by atoms with van der Waals surface area (Å²) in [6, 6.07) is 5.74. The number of rotatable bonds is 6. The number of aromatic nitrogens is 1. The highest BCUT2D eigenvalue weighted by Gasteiger charge is 2.22. The molecule has 0 amide bonds. The first kappa shape index (κ1) is 16.3. The van der Waals surface area contributed by atoms with Crippen molar-refractivity contribution in [2.75, 3.05) is 11.4 Å². The van der Waals surface area contributed by atoms with Crippen LogP contribution in [0, 0.1) is 0 Å². The Kier molecular flexibility index (Phi) is 6.04. The summed E-state index contributed by atoms with van der Waals surface area (Å²) in [5.41, 5.74) is 2.58. The maximum atomic E-state index is 4.90. The van der Waals surface area contributed by atoms with Gasteiger partial charge in [0.1, 0.15) is 5.82 Å². The Hall–Kier alpha value is -1.09. The van der Waals surface area contributed by atoms with Gasteiger partial charge in [-0.2, -0.15) is 0 Å². The molecule has 0 spiro atoms. The third-order valence-corrected chi connectivity index (χ3v) is 4.39. The summed E-state index contributed by atoms with van der Waals surface area (Å²) in [6.45, 7) is 11.0. The number of nitrogens with one attached hydrogen (secondary N) is 1. The minimum Gasteiger partial charge on any atom is -0.354 e. The number of piperidine rings is 1. The minimum atomic E-state index is 0.519. The molecule has 1 saturated heterocycles. The molecule has 1 N–H and O–H groups in total. The average Bonchev–Trinajstić information content (AvgIpc) is 2.52. The lowest BCUT2D eigenvalue weighted by Gasteiger charge is -2.36. The van der Waals surface area contributed by atoms with Crippen molar-refractivity contribution in [1.82, 2.24) is 10.3 Å². The number of hydrogen-bond donors (Lipinski definition) is 1. The Labute approximate surface area is 130 Å². The van der Waals surface area contributed by atoms with Crippen LogP contribution in [-0.4, -0.2) is 23.6 Å². The quantitative estimate of drug-likeness (QED) is 0.860. The minimum absolute atomic E-state index is 0.519. The van der Waals surface area contributed by atoms with Crippen molar-refractivity contribution < 1.29 is 0 Å². The van der Waals surface area contributed by atoms with Gasteiger partial charge in [-0.15, -0.1) is 0 Å². The van der Waals surface area contributed by atoms with Crippen LogP contribution < -0.4 is 10.2 Å². The van der Waals surface area contributed by atoms with Crippen LogP contribution in [0.3, 0.4) is 0 Å². The van der Waals surface area contributed by atoms with Gasteiger partial charge in [-0.3, -0.25) is 0 Å². The number of nitrogens with zero attached hydrogens (tertiary/aromatic N) is 2. The van der Waals surface area contributed by atoms with E-state index >= 15 is 0 Å². The molecule has 1 atom stereocenters. The first-order chi connectivity index (χ1) is 10.1. The molecular formula is C18H31N3. The molecule has 0 radical (unpaired) electrons. The molecule has 1 aromatic rings. The second kappa shape index (κ2) is 7.79. The first-order valence-corrected chi connectivity index (χ1v) is 8.63. The van der Waals surface area contributed by atoms with Gasteiger partial charge < -0.3 is 10.2 Å². The highest BCUT2D eigenvalue weighted by atomic mass is 15.2. The fourth-order valence-corrected chi connectivity index (χ4v) is 3.11. The molecule has 118 valence electrons. The van der Waals surface area contributed by atoms with Crippen LogP contribution in [0.2, 0.25) is 0 Å². The largest absolute Gasteiger partial charge is 0.354 e. The monoisotopic (exact) mass is 289 g/mol. The molecule has 0 bridgehead atoms. The molecule has 1 fully saturated rings. The van der Waals surface area contributed by atoms with E-state index < -0.39 is 0 Å². The maximum absolute atomic E-state index is 4.90. The molecular weight excluding hydrogens is 258 g/mol. The second-order valence-corrected chi connectivity index (χ2v) is 6.47. The van der Waals surface area contributed by atoms with Gasteiger partial charge in [-0.05, 0) is 49.8 Å². The predicted octanol–water partition coefficient (Wildman–Crippen LogP) is 3.91. The fourth-order valence-electron chi connectivity index (χ4n) is 3.11. The molecule has 0 aromatic carbocycles. The molecule has 2 rings (SSSR count). The van der Waals surface area contributed by atoms with Crippen molar-refractivity contribution in [2.45, 2.75) is 78.4 Å². The van der Waals surface area contributed by atoms with Gasteiger partial charge in [0.15, 0.2) is 0 Å². The normalized spacial score (nSPS) is 19.3. The van der Waals surface area contributed by atoms with Crippen molar-refractivity contribution >= 4 is 5.82 Å². The van der Waals surface area contributed by atoms with Crippen LogP contribution in [0.15, 0.2) is 12.1 Å². The summed E-state index contributed by atoms with van der Waals surface area (Å²) in [5, 5.41) is 3.52. The molecule has 1 aliphatic rings. The Balaban J connectivity index is 2.22. The molecule has 1 aliphatic heterocycles. The molecule has 3 nitrogen and oxygen atoms in total. The first-order valence-electron chi connectivity index (χ1n) is 8.63. The van der Waals surface area contributed by atoms with Gasteiger partial charge in [0.25, 0.3) is 0 Å². The van der Waals surface area contributed by atoms with Gasteiger partial charge >= 0.3 is 0 Å². The average molecular weight is 289 g/mol. The van der Waals surface area contributed by atoms with E-state index in [2.05, 4.69) is 50.0 Å². The second-order valence-electron chi connectivity index (χ2n) is 6.47. The van der Waals surface area contributed by atoms with Crippen molar-refractivity contribution in [3.63, 3.8) is 0 Å². The summed E-state index contributed by atoms with van der Waals surface area (Å²) < 4.78 is 0. The highest BCUT2D eigenvalue weighted by Crippen LogP contribution is 2.26. The molecule has 0 aliphatic carbocycles. The Morgan fingerprint density at radius 1 is 1.29 bits per heavy atom. The van der Waals surface area contributed by atoms with Gasteiger partial charge in [0.05, 0.1) is 0 Å². The van der Waals surface area contributed by atoms with Crippen molar-refractivity contribution in [3.8, 4) is 0 Å². The number of anilines is 1. The Morgan fingerprint density at radius 3 is 2.76 bits per heavy atom. The maximum Gasteiger partial charge on any atom is 0.129 e. The van der Waals surface area contributed by atoms with Crippen molar-refractivity contribution in [2.24, 2.45) is 0 Å². The van der Waals surface area contributed by atoms with E-state index in [1.165, 1.54) is 42.8 Å². The van der Waals surface area contributed by atoms with E-state index in [4.69, 9.17) is 4.98 Å². The number of aryl methyl sites for hydroxylation is 1. The lowest BCUT2D eigenvalue weighted by molar-refractivity contribution is 0.446. The summed E-state index contributed by atoms with van der Waals surface area (Å²) in [7, 11) is 0. The Morgan fingerprint density at radius 2 is 2.10 bits per heavy atom. The molecule has 0 saturated carbocycles. The van der Waals surface area contributed by atoms with E-state index in [1.54, 1.807) is 0 Å². The summed E-state index contributed by atoms with van der Waals surface area (Å²) in [5.74, 6) is 1.20. The van der Waals surface area contributed by atoms with Crippen molar-refractivity contribution in [3.05, 3.63) is 23.4 Å². The molecule has 21 heavy (non-hydrogen) atoms. The van der Waals surface area contributed by atoms with Crippen LogP contribution in [0.5, 0.6) is 0 Å². The van der Waals surface area contributed by atoms with Crippen molar-refractivity contribution in [1.29, 1.82) is 0 Å². The van der Waals surface area contributed by atoms with Crippen LogP contribution in [0.25, 0.3) is 0 Å². The summed E-state index contributed by atoms with van der Waals surface area (Å²) in [6.07, 6.45) is 6.21. The van der Waals surface area contributed by atoms with Gasteiger partial charge in [-0.1, -0.05) is 27.7 Å². The predicted molar refractivity (Wildman–Crippen MR) is 90.9 cm³/mol. The SMILES string of the molecule is CCc1cc(CNC(C)C)cc(N2CCCCC2CC)n1. The molecule has 2 heterocycles. The zero-order chi connectivity index (χ0) is 15.2. The third kappa shape index (κ3) is 4.44. The summed E-state index contributed by atoms with van der Waals surface area (Å²) in [4.78, 5) is 7.44. The lowest BCUT2D eigenvalue weighted by Crippen LogP contribution is -2.39. The standard InChI is InChI=1S/C18H31N3/c1-5-16-11-15(13-19-14(3)4)12-18(20-16)21-10-8-7-9-17(21)6-2/h11-12,14,17,19H,5-10,13H2,1-4H3. The van der Waals surface area contributed by atoms with E-state index in [9.17, 15) is 0 Å². The Bertz CT molecular complexity index is 442. The van der Waals surface area contributed by atoms with Crippen LogP contribution in [-0.2, 0) is 13.0 Å². The van der Waals surface area contributed by atoms with Crippen LogP contribution in [0.4, 0.5) is 5.82 Å². The molecule has 1 aromatic heterocycles. The van der Waals surface area contributed by atoms with Gasteiger partial charge in [0, 0.05) is 30.9 Å². The van der Waals surface area contributed by atoms with Crippen LogP contribution >= 0.6 is 0 Å². The van der Waals surface area contributed by atoms with E-state index in [0.29, 0.717) is 12.1 Å².